The molecule has 1 unspecified atom stereocenters. The van der Waals surface area contributed by atoms with Gasteiger partial charge in [-0.25, -0.2) is 8.42 Å². The molecule has 1 aliphatic rings. The zero-order valence-electron chi connectivity index (χ0n) is 29.5. The molecule has 264 valence electrons. The maximum atomic E-state index is 14.8. The summed E-state index contributed by atoms with van der Waals surface area (Å²) in [5, 5.41) is 3.22. The Labute approximate surface area is 296 Å². The minimum Gasteiger partial charge on any atom is -0.493 e. The first-order valence-corrected chi connectivity index (χ1v) is 18.4. The van der Waals surface area contributed by atoms with Crippen molar-refractivity contribution in [2.45, 2.75) is 76.4 Å². The van der Waals surface area contributed by atoms with E-state index in [4.69, 9.17) is 9.47 Å². The monoisotopic (exact) mass is 697 g/mol. The Morgan fingerprint density at radius 3 is 2.04 bits per heavy atom. The number of carbonyl (C=O) groups excluding carboxylic acids is 2. The first kappa shape index (κ1) is 36.5. The van der Waals surface area contributed by atoms with Crippen LogP contribution in [-0.2, 0) is 32.6 Å². The Kier molecular flexibility index (Phi) is 11.8. The fourth-order valence-electron chi connectivity index (χ4n) is 6.54. The van der Waals surface area contributed by atoms with Gasteiger partial charge >= 0.3 is 0 Å². The molecular weight excluding hydrogens is 651 g/mol. The van der Waals surface area contributed by atoms with Crippen molar-refractivity contribution in [3.05, 3.63) is 119 Å². The number of amides is 2. The van der Waals surface area contributed by atoms with Crippen LogP contribution in [-0.4, -0.2) is 58.0 Å². The van der Waals surface area contributed by atoms with Gasteiger partial charge < -0.3 is 19.7 Å². The highest BCUT2D eigenvalue weighted by atomic mass is 32.2. The fourth-order valence-corrected chi connectivity index (χ4v) is 7.95. The number of nitrogens with one attached hydrogen (secondary N) is 1. The highest BCUT2D eigenvalue weighted by Crippen LogP contribution is 2.33. The Morgan fingerprint density at radius 2 is 1.42 bits per heavy atom. The van der Waals surface area contributed by atoms with Crippen molar-refractivity contribution in [3.8, 4) is 11.5 Å². The van der Waals surface area contributed by atoms with E-state index in [1.807, 2.05) is 81.4 Å². The van der Waals surface area contributed by atoms with Crippen molar-refractivity contribution >= 4 is 27.5 Å². The average Bonchev–Trinajstić information content (AvgIpc) is 3.62. The van der Waals surface area contributed by atoms with Gasteiger partial charge in [0.15, 0.2) is 11.5 Å². The standard InChI is InChI=1S/C40H47N3O6S/c1-28-15-17-32(18-16-28)26-42(36(24-31-11-7-6-8-12-31)40(45)41-33-13-9-10-14-33)39(44)27-43(34-22-29(2)21-30(3)23-34)50(46,47)35-19-20-37(48-4)38(25-35)49-5/h6-8,11-12,15-23,25,33,36H,9-10,13-14,24,26-27H2,1-5H3,(H,41,45). The molecule has 0 radical (unpaired) electrons. The highest BCUT2D eigenvalue weighted by molar-refractivity contribution is 7.92. The smallest absolute Gasteiger partial charge is 0.264 e. The van der Waals surface area contributed by atoms with Crippen molar-refractivity contribution in [1.29, 1.82) is 0 Å². The predicted molar refractivity (Wildman–Crippen MR) is 196 cm³/mol. The zero-order chi connectivity index (χ0) is 35.8. The second-order valence-electron chi connectivity index (χ2n) is 13.1. The van der Waals surface area contributed by atoms with E-state index < -0.39 is 28.5 Å². The van der Waals surface area contributed by atoms with Crippen LogP contribution < -0.4 is 19.1 Å². The van der Waals surface area contributed by atoms with E-state index in [1.54, 1.807) is 17.0 Å². The molecule has 50 heavy (non-hydrogen) atoms. The third kappa shape index (κ3) is 8.84. The summed E-state index contributed by atoms with van der Waals surface area (Å²) in [5.74, 6) is -0.132. The first-order valence-electron chi connectivity index (χ1n) is 17.0. The number of hydrogen-bond donors (Lipinski definition) is 1. The molecule has 1 fully saturated rings. The minimum absolute atomic E-state index is 0.0364. The molecule has 10 heteroatoms. The van der Waals surface area contributed by atoms with Crippen molar-refractivity contribution in [2.24, 2.45) is 0 Å². The molecule has 4 aromatic carbocycles. The lowest BCUT2D eigenvalue weighted by molar-refractivity contribution is -0.140. The van der Waals surface area contributed by atoms with Crippen LogP contribution in [0, 0.1) is 20.8 Å². The van der Waals surface area contributed by atoms with Gasteiger partial charge in [0.1, 0.15) is 12.6 Å². The molecule has 1 atom stereocenters. The van der Waals surface area contributed by atoms with E-state index in [-0.39, 0.29) is 35.6 Å². The molecule has 5 rings (SSSR count). The number of anilines is 1. The van der Waals surface area contributed by atoms with Gasteiger partial charge in [0.05, 0.1) is 24.8 Å². The van der Waals surface area contributed by atoms with Gasteiger partial charge in [-0.05, 0) is 80.1 Å². The predicted octanol–water partition coefficient (Wildman–Crippen LogP) is 6.52. The summed E-state index contributed by atoms with van der Waals surface area (Å²) in [6, 6.07) is 26.3. The molecule has 0 aliphatic heterocycles. The van der Waals surface area contributed by atoms with Crippen LogP contribution in [0.5, 0.6) is 11.5 Å². The van der Waals surface area contributed by atoms with E-state index in [0.717, 1.165) is 57.8 Å². The normalized spacial score (nSPS) is 13.8. The molecule has 1 aliphatic carbocycles. The zero-order valence-corrected chi connectivity index (χ0v) is 30.3. The van der Waals surface area contributed by atoms with Gasteiger partial charge in [-0.2, -0.15) is 0 Å². The third-order valence-electron chi connectivity index (χ3n) is 9.16. The van der Waals surface area contributed by atoms with Crippen LogP contribution in [0.25, 0.3) is 0 Å². The van der Waals surface area contributed by atoms with Crippen LogP contribution in [0.1, 0.15) is 53.5 Å². The summed E-state index contributed by atoms with van der Waals surface area (Å²) in [7, 11) is -1.41. The van der Waals surface area contributed by atoms with Crippen LogP contribution in [0.4, 0.5) is 5.69 Å². The number of methoxy groups -OCH3 is 2. The second kappa shape index (κ2) is 16.3. The largest absolute Gasteiger partial charge is 0.493 e. The lowest BCUT2D eigenvalue weighted by atomic mass is 10.0. The molecule has 1 saturated carbocycles. The first-order chi connectivity index (χ1) is 24.0. The minimum atomic E-state index is -4.33. The molecule has 0 saturated heterocycles. The summed E-state index contributed by atoms with van der Waals surface area (Å²) in [5.41, 5.74) is 4.81. The van der Waals surface area contributed by atoms with E-state index in [1.165, 1.54) is 32.4 Å². The number of ether oxygens (including phenoxy) is 2. The van der Waals surface area contributed by atoms with Gasteiger partial charge in [0.2, 0.25) is 11.8 Å². The van der Waals surface area contributed by atoms with Crippen molar-refractivity contribution in [3.63, 3.8) is 0 Å². The second-order valence-corrected chi connectivity index (χ2v) is 14.9. The maximum absolute atomic E-state index is 14.8. The molecule has 0 heterocycles. The van der Waals surface area contributed by atoms with Crippen molar-refractivity contribution in [2.75, 3.05) is 25.1 Å². The van der Waals surface area contributed by atoms with E-state index >= 15 is 0 Å². The third-order valence-corrected chi connectivity index (χ3v) is 10.9. The van der Waals surface area contributed by atoms with Gasteiger partial charge in [-0.3, -0.25) is 13.9 Å². The fraction of sp³-hybridized carbons (Fsp3) is 0.350. The SMILES string of the molecule is COc1ccc(S(=O)(=O)N(CC(=O)N(Cc2ccc(C)cc2)C(Cc2ccccc2)C(=O)NC2CCCC2)c2cc(C)cc(C)c2)cc1OC. The van der Waals surface area contributed by atoms with E-state index in [9.17, 15) is 18.0 Å². The summed E-state index contributed by atoms with van der Waals surface area (Å²) in [6.45, 7) is 5.33. The average molecular weight is 698 g/mol. The van der Waals surface area contributed by atoms with Crippen LogP contribution in [0.2, 0.25) is 0 Å². The number of rotatable bonds is 14. The quantitative estimate of drug-likeness (QED) is 0.161. The van der Waals surface area contributed by atoms with Crippen molar-refractivity contribution < 1.29 is 27.5 Å². The molecule has 9 nitrogen and oxygen atoms in total. The summed E-state index contributed by atoms with van der Waals surface area (Å²) in [6.07, 6.45) is 4.13. The Bertz CT molecular complexity index is 1870. The molecule has 4 aromatic rings. The molecule has 0 spiro atoms. The van der Waals surface area contributed by atoms with Gasteiger partial charge in [-0.1, -0.05) is 79.1 Å². The van der Waals surface area contributed by atoms with Gasteiger partial charge in [0, 0.05) is 25.1 Å². The Balaban J connectivity index is 1.60. The number of sulfonamides is 1. The van der Waals surface area contributed by atoms with Crippen LogP contribution in [0.3, 0.4) is 0 Å². The van der Waals surface area contributed by atoms with Gasteiger partial charge in [-0.15, -0.1) is 0 Å². The number of aryl methyl sites for hydroxylation is 3. The molecule has 2 amide bonds. The highest BCUT2D eigenvalue weighted by Gasteiger charge is 2.36. The molecule has 0 aromatic heterocycles. The Hall–Kier alpha value is -4.83. The van der Waals surface area contributed by atoms with E-state index in [2.05, 4.69) is 5.32 Å². The lowest BCUT2D eigenvalue weighted by Crippen LogP contribution is -2.54. The maximum Gasteiger partial charge on any atom is 0.264 e. The van der Waals surface area contributed by atoms with Crippen LogP contribution >= 0.6 is 0 Å². The summed E-state index contributed by atoms with van der Waals surface area (Å²) in [4.78, 5) is 30.5. The number of nitrogens with zero attached hydrogens (tertiary/aromatic N) is 2. The Morgan fingerprint density at radius 1 is 0.780 bits per heavy atom. The lowest BCUT2D eigenvalue weighted by Gasteiger charge is -2.34. The number of hydrogen-bond acceptors (Lipinski definition) is 6. The van der Waals surface area contributed by atoms with Crippen molar-refractivity contribution in [1.82, 2.24) is 10.2 Å². The van der Waals surface area contributed by atoms with E-state index in [0.29, 0.717) is 11.4 Å². The van der Waals surface area contributed by atoms with Gasteiger partial charge in [0.25, 0.3) is 10.0 Å². The number of carbonyl (C=O) groups is 2. The molecule has 1 N–H and O–H groups in total. The van der Waals surface area contributed by atoms with Crippen LogP contribution in [0.15, 0.2) is 95.9 Å². The topological polar surface area (TPSA) is 105 Å². The molecule has 0 bridgehead atoms. The molecular formula is C40H47N3O6S. The summed E-state index contributed by atoms with van der Waals surface area (Å²) >= 11 is 0. The summed E-state index contributed by atoms with van der Waals surface area (Å²) < 4.78 is 41.1. The number of benzene rings is 4.